The van der Waals surface area contributed by atoms with Crippen molar-refractivity contribution in [2.24, 2.45) is 0 Å². The van der Waals surface area contributed by atoms with Crippen molar-refractivity contribution in [2.45, 2.75) is 19.4 Å². The van der Waals surface area contributed by atoms with Crippen LogP contribution in [0.3, 0.4) is 0 Å². The second-order valence-corrected chi connectivity index (χ2v) is 6.74. The van der Waals surface area contributed by atoms with E-state index in [9.17, 15) is 13.6 Å². The van der Waals surface area contributed by atoms with Gasteiger partial charge in [0.1, 0.15) is 17.5 Å². The molecule has 1 atom stereocenters. The zero-order valence-corrected chi connectivity index (χ0v) is 14.9. The number of aryl methyl sites for hydroxylation is 1. The van der Waals surface area contributed by atoms with Crippen LogP contribution < -0.4 is 0 Å². The summed E-state index contributed by atoms with van der Waals surface area (Å²) in [5.41, 5.74) is 2.07. The molecule has 138 valence electrons. The van der Waals surface area contributed by atoms with E-state index in [4.69, 9.17) is 0 Å². The van der Waals surface area contributed by atoms with Gasteiger partial charge in [-0.15, -0.1) is 0 Å². The molecule has 2 heterocycles. The Kier molecular flexibility index (Phi) is 4.48. The summed E-state index contributed by atoms with van der Waals surface area (Å²) in [7, 11) is 0. The molecule has 0 spiro atoms. The largest absolute Gasteiger partial charge is 0.337 e. The molecule has 1 aliphatic heterocycles. The van der Waals surface area contributed by atoms with Crippen LogP contribution in [-0.2, 0) is 4.79 Å². The molecule has 2 aromatic carbocycles. The zero-order chi connectivity index (χ0) is 19.0. The lowest BCUT2D eigenvalue weighted by molar-refractivity contribution is -0.125. The molecule has 6 heteroatoms. The second-order valence-electron chi connectivity index (χ2n) is 6.74. The number of aromatic nitrogens is 2. The highest BCUT2D eigenvalue weighted by molar-refractivity contribution is 5.92. The lowest BCUT2D eigenvalue weighted by Crippen LogP contribution is -2.27. The van der Waals surface area contributed by atoms with Crippen LogP contribution in [0.25, 0.3) is 17.1 Å². The second kappa shape index (κ2) is 6.95. The molecule has 4 rings (SSSR count). The van der Waals surface area contributed by atoms with Crippen molar-refractivity contribution in [3.63, 3.8) is 0 Å². The summed E-state index contributed by atoms with van der Waals surface area (Å²) in [6, 6.07) is 11.3. The molecular formula is C21H19F2N3O. The van der Waals surface area contributed by atoms with Crippen molar-refractivity contribution >= 4 is 23.0 Å². The fourth-order valence-electron chi connectivity index (χ4n) is 3.69. The molecule has 4 nitrogen and oxygen atoms in total. The Labute approximate surface area is 155 Å². The molecule has 1 aromatic heterocycles. The number of imidazole rings is 1. The van der Waals surface area contributed by atoms with Gasteiger partial charge in [0.2, 0.25) is 5.91 Å². The maximum Gasteiger partial charge on any atom is 0.246 e. The minimum atomic E-state index is -0.555. The quantitative estimate of drug-likeness (QED) is 0.654. The van der Waals surface area contributed by atoms with Crippen molar-refractivity contribution in [3.8, 4) is 0 Å². The summed E-state index contributed by atoms with van der Waals surface area (Å²) in [6.07, 6.45) is 3.46. The first kappa shape index (κ1) is 17.4. The number of rotatable bonds is 3. The Morgan fingerprint density at radius 2 is 2.04 bits per heavy atom. The summed E-state index contributed by atoms with van der Waals surface area (Å²) < 4.78 is 29.1. The Hall–Kier alpha value is -3.02. The molecule has 3 aromatic rings. The van der Waals surface area contributed by atoms with E-state index in [1.54, 1.807) is 4.90 Å². The van der Waals surface area contributed by atoms with E-state index in [0.717, 1.165) is 41.5 Å². The van der Waals surface area contributed by atoms with Gasteiger partial charge in [0.05, 0.1) is 17.1 Å². The van der Waals surface area contributed by atoms with Crippen LogP contribution >= 0.6 is 0 Å². The Morgan fingerprint density at radius 3 is 2.89 bits per heavy atom. The molecule has 1 fully saturated rings. The van der Waals surface area contributed by atoms with Crippen LogP contribution in [0.1, 0.15) is 23.9 Å². The average Bonchev–Trinajstić information content (AvgIpc) is 3.25. The number of hydrogen-bond donors (Lipinski definition) is 0. The minimum Gasteiger partial charge on any atom is -0.337 e. The summed E-state index contributed by atoms with van der Waals surface area (Å²) in [5.74, 6) is -0.372. The number of likely N-dealkylation sites (tertiary alicyclic amines) is 1. The summed E-state index contributed by atoms with van der Waals surface area (Å²) in [6.45, 7) is 3.15. The number of carbonyl (C=O) groups excluding carboxylic acids is 1. The molecule has 1 saturated heterocycles. The van der Waals surface area contributed by atoms with E-state index in [1.807, 2.05) is 31.2 Å². The van der Waals surface area contributed by atoms with Gasteiger partial charge in [-0.25, -0.2) is 13.8 Å². The highest BCUT2D eigenvalue weighted by Gasteiger charge is 2.28. The number of fused-ring (bicyclic) bond motifs is 1. The Bertz CT molecular complexity index is 1040. The summed E-state index contributed by atoms with van der Waals surface area (Å²) in [5, 5.41) is 0. The molecule has 0 aliphatic carbocycles. The van der Waals surface area contributed by atoms with Crippen LogP contribution in [0.15, 0.2) is 48.5 Å². The first-order valence-corrected chi connectivity index (χ1v) is 8.88. The minimum absolute atomic E-state index is 0.0653. The van der Waals surface area contributed by atoms with Gasteiger partial charge in [-0.3, -0.25) is 4.79 Å². The van der Waals surface area contributed by atoms with Gasteiger partial charge >= 0.3 is 0 Å². The highest BCUT2D eigenvalue weighted by atomic mass is 19.1. The predicted octanol–water partition coefficient (Wildman–Crippen LogP) is 4.11. The lowest BCUT2D eigenvalue weighted by Gasteiger charge is -2.17. The van der Waals surface area contributed by atoms with Gasteiger partial charge in [0.15, 0.2) is 0 Å². The van der Waals surface area contributed by atoms with Gasteiger partial charge in [-0.2, -0.15) is 0 Å². The number of para-hydroxylation sites is 2. The van der Waals surface area contributed by atoms with Crippen molar-refractivity contribution < 1.29 is 13.6 Å². The third kappa shape index (κ3) is 3.35. The molecule has 0 bridgehead atoms. The topological polar surface area (TPSA) is 38.1 Å². The van der Waals surface area contributed by atoms with Crippen LogP contribution in [0, 0.1) is 18.6 Å². The third-order valence-corrected chi connectivity index (χ3v) is 4.98. The monoisotopic (exact) mass is 367 g/mol. The number of benzene rings is 2. The van der Waals surface area contributed by atoms with E-state index in [1.165, 1.54) is 12.2 Å². The molecule has 0 radical (unpaired) electrons. The van der Waals surface area contributed by atoms with Crippen LogP contribution in [-0.4, -0.2) is 33.4 Å². The smallest absolute Gasteiger partial charge is 0.246 e. The molecular weight excluding hydrogens is 348 g/mol. The number of hydrogen-bond acceptors (Lipinski definition) is 2. The molecule has 0 unspecified atom stereocenters. The van der Waals surface area contributed by atoms with Gasteiger partial charge in [0.25, 0.3) is 0 Å². The number of halogens is 2. The van der Waals surface area contributed by atoms with Crippen molar-refractivity contribution in [2.75, 3.05) is 13.1 Å². The Morgan fingerprint density at radius 1 is 1.22 bits per heavy atom. The molecule has 0 N–H and O–H groups in total. The number of nitrogens with zero attached hydrogens (tertiary/aromatic N) is 3. The standard InChI is InChI=1S/C21H19F2N3O/c1-14-24-19-4-2-3-5-20(19)26(14)17-10-11-25(13-17)21(27)9-6-15-12-16(22)7-8-18(15)23/h2-9,12,17H,10-11,13H2,1H3/b9-6+/t17-/m0/s1. The first-order chi connectivity index (χ1) is 13.0. The van der Waals surface area contributed by atoms with E-state index in [0.29, 0.717) is 13.1 Å². The van der Waals surface area contributed by atoms with Gasteiger partial charge < -0.3 is 9.47 Å². The van der Waals surface area contributed by atoms with Gasteiger partial charge in [-0.05, 0) is 49.8 Å². The van der Waals surface area contributed by atoms with E-state index in [-0.39, 0.29) is 17.5 Å². The van der Waals surface area contributed by atoms with Crippen LogP contribution in [0.5, 0.6) is 0 Å². The lowest BCUT2D eigenvalue weighted by atomic mass is 10.2. The van der Waals surface area contributed by atoms with E-state index < -0.39 is 11.6 Å². The normalized spacial score (nSPS) is 17.3. The summed E-state index contributed by atoms with van der Waals surface area (Å²) in [4.78, 5) is 18.8. The Balaban J connectivity index is 1.50. The number of amides is 1. The first-order valence-electron chi connectivity index (χ1n) is 8.88. The third-order valence-electron chi connectivity index (χ3n) is 4.98. The molecule has 27 heavy (non-hydrogen) atoms. The SMILES string of the molecule is Cc1nc2ccccc2n1[C@H]1CCN(C(=O)/C=C/c2cc(F)ccc2F)C1. The highest BCUT2D eigenvalue weighted by Crippen LogP contribution is 2.28. The maximum atomic E-state index is 13.7. The van der Waals surface area contributed by atoms with E-state index >= 15 is 0 Å². The van der Waals surface area contributed by atoms with Crippen molar-refractivity contribution in [1.29, 1.82) is 0 Å². The van der Waals surface area contributed by atoms with Crippen molar-refractivity contribution in [1.82, 2.24) is 14.5 Å². The molecule has 1 amide bonds. The summed E-state index contributed by atoms with van der Waals surface area (Å²) >= 11 is 0. The van der Waals surface area contributed by atoms with Gasteiger partial charge in [-0.1, -0.05) is 12.1 Å². The van der Waals surface area contributed by atoms with Crippen LogP contribution in [0.2, 0.25) is 0 Å². The average molecular weight is 367 g/mol. The fraction of sp³-hybridized carbons (Fsp3) is 0.238. The van der Waals surface area contributed by atoms with Gasteiger partial charge in [0, 0.05) is 24.7 Å². The maximum absolute atomic E-state index is 13.7. The molecule has 0 saturated carbocycles. The van der Waals surface area contributed by atoms with Crippen molar-refractivity contribution in [3.05, 3.63) is 71.6 Å². The van der Waals surface area contributed by atoms with Crippen LogP contribution in [0.4, 0.5) is 8.78 Å². The zero-order valence-electron chi connectivity index (χ0n) is 14.9. The number of carbonyl (C=O) groups is 1. The molecule has 1 aliphatic rings. The fourth-order valence-corrected chi connectivity index (χ4v) is 3.69. The predicted molar refractivity (Wildman–Crippen MR) is 100 cm³/mol. The van der Waals surface area contributed by atoms with E-state index in [2.05, 4.69) is 9.55 Å².